The molecule has 0 saturated heterocycles. The first-order chi connectivity index (χ1) is 15.5. The maximum absolute atomic E-state index is 13.2. The Balaban J connectivity index is 1.75. The summed E-state index contributed by atoms with van der Waals surface area (Å²) in [6.07, 6.45) is 5.94. The van der Waals surface area contributed by atoms with Crippen molar-refractivity contribution in [2.24, 2.45) is 0 Å². The molecule has 1 aliphatic carbocycles. The van der Waals surface area contributed by atoms with Crippen LogP contribution in [0.15, 0.2) is 48.5 Å². The lowest BCUT2D eigenvalue weighted by Gasteiger charge is -2.33. The van der Waals surface area contributed by atoms with E-state index in [4.69, 9.17) is 4.74 Å². The highest BCUT2D eigenvalue weighted by Gasteiger charge is 2.30. The molecule has 0 aliphatic heterocycles. The number of benzene rings is 2. The zero-order chi connectivity index (χ0) is 22.9. The molecule has 2 aromatic carbocycles. The molecule has 5 nitrogen and oxygen atoms in total. The number of halogens is 1. The SMILES string of the molecule is CC[C@@H](C(=O)NC1CCCCC1)N(Cc1ccccc1C)C(=O)COc1ccc(F)cc1. The molecule has 0 aromatic heterocycles. The standard InChI is InChI=1S/C26H33FN2O3/c1-3-24(26(31)28-22-11-5-4-6-12-22)29(17-20-10-8-7-9-19(20)2)25(30)18-32-23-15-13-21(27)14-16-23/h7-10,13-16,22,24H,3-6,11-12,17-18H2,1-2H3,(H,28,31)/t24-/m0/s1. The number of aryl methyl sites for hydroxylation is 1. The van der Waals surface area contributed by atoms with E-state index in [2.05, 4.69) is 5.32 Å². The minimum absolute atomic E-state index is 0.108. The highest BCUT2D eigenvalue weighted by atomic mass is 19.1. The van der Waals surface area contributed by atoms with Gasteiger partial charge in [0.1, 0.15) is 17.6 Å². The molecule has 1 aliphatic rings. The molecule has 0 heterocycles. The number of hydrogen-bond acceptors (Lipinski definition) is 3. The van der Waals surface area contributed by atoms with Crippen molar-refractivity contribution in [3.8, 4) is 5.75 Å². The Morgan fingerprint density at radius 3 is 2.44 bits per heavy atom. The van der Waals surface area contributed by atoms with Crippen molar-refractivity contribution in [3.05, 3.63) is 65.5 Å². The number of hydrogen-bond donors (Lipinski definition) is 1. The van der Waals surface area contributed by atoms with E-state index in [0.29, 0.717) is 18.7 Å². The first kappa shape index (κ1) is 23.8. The second-order valence-corrected chi connectivity index (χ2v) is 8.46. The molecule has 1 N–H and O–H groups in total. The number of nitrogens with one attached hydrogen (secondary N) is 1. The molecule has 1 atom stereocenters. The van der Waals surface area contributed by atoms with Crippen LogP contribution in [-0.4, -0.2) is 35.4 Å². The van der Waals surface area contributed by atoms with Crippen LogP contribution < -0.4 is 10.1 Å². The molecule has 3 rings (SSSR count). The molecule has 0 unspecified atom stereocenters. The topological polar surface area (TPSA) is 58.6 Å². The van der Waals surface area contributed by atoms with Crippen LogP contribution in [0.5, 0.6) is 5.75 Å². The van der Waals surface area contributed by atoms with Crippen molar-refractivity contribution in [1.82, 2.24) is 10.2 Å². The Kier molecular flexibility index (Phi) is 8.65. The van der Waals surface area contributed by atoms with Crippen molar-refractivity contribution in [1.29, 1.82) is 0 Å². The Morgan fingerprint density at radius 1 is 1.09 bits per heavy atom. The number of amides is 2. The van der Waals surface area contributed by atoms with Gasteiger partial charge in [0.15, 0.2) is 6.61 Å². The van der Waals surface area contributed by atoms with Crippen LogP contribution in [0.3, 0.4) is 0 Å². The van der Waals surface area contributed by atoms with Gasteiger partial charge >= 0.3 is 0 Å². The summed E-state index contributed by atoms with van der Waals surface area (Å²) in [6, 6.07) is 13.0. The van der Waals surface area contributed by atoms with Crippen LogP contribution in [0.2, 0.25) is 0 Å². The van der Waals surface area contributed by atoms with Gasteiger partial charge in [-0.05, 0) is 61.6 Å². The zero-order valence-electron chi connectivity index (χ0n) is 19.0. The Labute approximate surface area is 190 Å². The van der Waals surface area contributed by atoms with E-state index in [0.717, 1.165) is 36.8 Å². The van der Waals surface area contributed by atoms with Gasteiger partial charge < -0.3 is 15.0 Å². The fourth-order valence-corrected chi connectivity index (χ4v) is 4.19. The number of carbonyl (C=O) groups is 2. The first-order valence-electron chi connectivity index (χ1n) is 11.5. The van der Waals surface area contributed by atoms with Crippen molar-refractivity contribution < 1.29 is 18.7 Å². The number of nitrogens with zero attached hydrogens (tertiary/aromatic N) is 1. The van der Waals surface area contributed by atoms with Gasteiger partial charge in [0.25, 0.3) is 5.91 Å². The molecular weight excluding hydrogens is 407 g/mol. The normalized spacial score (nSPS) is 15.1. The summed E-state index contributed by atoms with van der Waals surface area (Å²) < 4.78 is 18.8. The van der Waals surface area contributed by atoms with Crippen LogP contribution >= 0.6 is 0 Å². The quantitative estimate of drug-likeness (QED) is 0.611. The smallest absolute Gasteiger partial charge is 0.261 e. The van der Waals surface area contributed by atoms with E-state index in [9.17, 15) is 14.0 Å². The molecule has 2 aromatic rings. The van der Waals surface area contributed by atoms with Gasteiger partial charge in [0.2, 0.25) is 5.91 Å². The second-order valence-electron chi connectivity index (χ2n) is 8.46. The zero-order valence-corrected chi connectivity index (χ0v) is 19.0. The largest absolute Gasteiger partial charge is 0.484 e. The van der Waals surface area contributed by atoms with Crippen molar-refractivity contribution in [2.45, 2.75) is 71.0 Å². The molecule has 0 radical (unpaired) electrons. The summed E-state index contributed by atoms with van der Waals surface area (Å²) in [5.74, 6) is -0.336. The molecule has 1 saturated carbocycles. The van der Waals surface area contributed by atoms with Crippen LogP contribution in [-0.2, 0) is 16.1 Å². The molecule has 172 valence electrons. The Hall–Kier alpha value is -2.89. The van der Waals surface area contributed by atoms with Gasteiger partial charge in [-0.3, -0.25) is 9.59 Å². The van der Waals surface area contributed by atoms with Crippen molar-refractivity contribution in [3.63, 3.8) is 0 Å². The van der Waals surface area contributed by atoms with Gasteiger partial charge in [0.05, 0.1) is 0 Å². The van der Waals surface area contributed by atoms with Crippen molar-refractivity contribution >= 4 is 11.8 Å². The maximum atomic E-state index is 13.2. The van der Waals surface area contributed by atoms with E-state index in [1.165, 1.54) is 30.7 Å². The molecule has 2 amide bonds. The van der Waals surface area contributed by atoms with Gasteiger partial charge in [-0.2, -0.15) is 0 Å². The molecule has 0 bridgehead atoms. The average molecular weight is 441 g/mol. The molecule has 1 fully saturated rings. The van der Waals surface area contributed by atoms with Gasteiger partial charge in [-0.25, -0.2) is 4.39 Å². The Morgan fingerprint density at radius 2 is 1.78 bits per heavy atom. The van der Waals surface area contributed by atoms with Crippen LogP contribution in [0.4, 0.5) is 4.39 Å². The predicted octanol–water partition coefficient (Wildman–Crippen LogP) is 4.77. The van der Waals surface area contributed by atoms with E-state index in [1.54, 1.807) is 4.90 Å². The lowest BCUT2D eigenvalue weighted by molar-refractivity contribution is -0.143. The number of carbonyl (C=O) groups excluding carboxylic acids is 2. The van der Waals surface area contributed by atoms with Gasteiger partial charge in [-0.15, -0.1) is 0 Å². The summed E-state index contributed by atoms with van der Waals surface area (Å²) >= 11 is 0. The van der Waals surface area contributed by atoms with Crippen LogP contribution in [0, 0.1) is 12.7 Å². The van der Waals surface area contributed by atoms with E-state index in [1.807, 2.05) is 38.1 Å². The third-order valence-corrected chi connectivity index (χ3v) is 6.12. The summed E-state index contributed by atoms with van der Waals surface area (Å²) in [7, 11) is 0. The summed E-state index contributed by atoms with van der Waals surface area (Å²) in [4.78, 5) is 28.0. The average Bonchev–Trinajstić information content (AvgIpc) is 2.80. The first-order valence-corrected chi connectivity index (χ1v) is 11.5. The summed E-state index contributed by atoms with van der Waals surface area (Å²) in [6.45, 7) is 4.03. The molecular formula is C26H33FN2O3. The van der Waals surface area contributed by atoms with Crippen LogP contribution in [0.1, 0.15) is 56.6 Å². The lowest BCUT2D eigenvalue weighted by atomic mass is 9.95. The highest BCUT2D eigenvalue weighted by molar-refractivity contribution is 5.88. The summed E-state index contributed by atoms with van der Waals surface area (Å²) in [5.41, 5.74) is 2.05. The third-order valence-electron chi connectivity index (χ3n) is 6.12. The lowest BCUT2D eigenvalue weighted by Crippen LogP contribution is -2.52. The van der Waals surface area contributed by atoms with Crippen molar-refractivity contribution in [2.75, 3.05) is 6.61 Å². The second kappa shape index (κ2) is 11.7. The number of ether oxygens (including phenoxy) is 1. The predicted molar refractivity (Wildman–Crippen MR) is 123 cm³/mol. The maximum Gasteiger partial charge on any atom is 0.261 e. The van der Waals surface area contributed by atoms with Gasteiger partial charge in [0, 0.05) is 12.6 Å². The third kappa shape index (κ3) is 6.55. The monoisotopic (exact) mass is 440 g/mol. The van der Waals surface area contributed by atoms with E-state index >= 15 is 0 Å². The fraction of sp³-hybridized carbons (Fsp3) is 0.462. The fourth-order valence-electron chi connectivity index (χ4n) is 4.19. The highest BCUT2D eigenvalue weighted by Crippen LogP contribution is 2.20. The van der Waals surface area contributed by atoms with Crippen LogP contribution in [0.25, 0.3) is 0 Å². The van der Waals surface area contributed by atoms with E-state index in [-0.39, 0.29) is 30.3 Å². The van der Waals surface area contributed by atoms with Gasteiger partial charge in [-0.1, -0.05) is 50.5 Å². The van der Waals surface area contributed by atoms with E-state index < -0.39 is 6.04 Å². The molecule has 0 spiro atoms. The minimum Gasteiger partial charge on any atom is -0.484 e. The minimum atomic E-state index is -0.583. The molecule has 6 heteroatoms. The Bertz CT molecular complexity index is 894. The number of rotatable bonds is 9. The molecule has 32 heavy (non-hydrogen) atoms. The summed E-state index contributed by atoms with van der Waals surface area (Å²) in [5, 5.41) is 3.17.